The lowest BCUT2D eigenvalue weighted by Gasteiger charge is -2.36. The summed E-state index contributed by atoms with van der Waals surface area (Å²) in [5.74, 6) is 1.83. The third-order valence-electron chi connectivity index (χ3n) is 4.16. The normalized spacial score (nSPS) is 19.3. The molecule has 4 rings (SSSR count). The number of fused-ring (bicyclic) bond motifs is 1. The summed E-state index contributed by atoms with van der Waals surface area (Å²) in [7, 11) is 0. The van der Waals surface area contributed by atoms with E-state index in [9.17, 15) is 0 Å². The van der Waals surface area contributed by atoms with Crippen molar-refractivity contribution in [3.63, 3.8) is 0 Å². The van der Waals surface area contributed by atoms with Crippen molar-refractivity contribution in [3.05, 3.63) is 36.0 Å². The van der Waals surface area contributed by atoms with Crippen molar-refractivity contribution in [3.8, 4) is 0 Å². The van der Waals surface area contributed by atoms with Crippen LogP contribution in [0.1, 0.15) is 36.8 Å². The van der Waals surface area contributed by atoms with Crippen molar-refractivity contribution in [2.75, 3.05) is 11.4 Å². The van der Waals surface area contributed by atoms with Crippen LogP contribution < -0.4 is 4.90 Å². The Hall–Kier alpha value is -2.37. The largest absolute Gasteiger partial charge is 0.347 e. The second-order valence-electron chi connectivity index (χ2n) is 5.55. The molecule has 2 N–H and O–H groups in total. The summed E-state index contributed by atoms with van der Waals surface area (Å²) in [5.41, 5.74) is 2.07. The fourth-order valence-electron chi connectivity index (χ4n) is 3.21. The van der Waals surface area contributed by atoms with Crippen molar-refractivity contribution in [2.45, 2.75) is 32.2 Å². The van der Waals surface area contributed by atoms with Crippen LogP contribution in [-0.4, -0.2) is 31.7 Å². The van der Waals surface area contributed by atoms with E-state index in [1.807, 2.05) is 19.3 Å². The van der Waals surface area contributed by atoms with Crippen molar-refractivity contribution in [2.24, 2.45) is 0 Å². The van der Waals surface area contributed by atoms with Gasteiger partial charge in [-0.05, 0) is 38.3 Å². The van der Waals surface area contributed by atoms with Gasteiger partial charge in [-0.1, -0.05) is 0 Å². The topological polar surface area (TPSA) is 73.5 Å². The lowest BCUT2D eigenvalue weighted by atomic mass is 9.99. The second kappa shape index (κ2) is 4.87. The van der Waals surface area contributed by atoms with Crippen molar-refractivity contribution in [1.29, 1.82) is 0 Å². The first kappa shape index (κ1) is 12.4. The first-order valence-corrected chi connectivity index (χ1v) is 7.40. The van der Waals surface area contributed by atoms with Gasteiger partial charge in [-0.2, -0.15) is 5.10 Å². The van der Waals surface area contributed by atoms with E-state index in [4.69, 9.17) is 4.98 Å². The van der Waals surface area contributed by atoms with Gasteiger partial charge < -0.3 is 9.88 Å². The first-order valence-electron chi connectivity index (χ1n) is 7.40. The van der Waals surface area contributed by atoms with E-state index in [0.717, 1.165) is 41.3 Å². The molecule has 1 fully saturated rings. The average molecular weight is 282 g/mol. The Kier molecular flexibility index (Phi) is 2.87. The number of anilines is 1. The lowest BCUT2D eigenvalue weighted by Crippen LogP contribution is -2.34. The SMILES string of the molecule is Cc1nc(N2CCCCC2c2ccn[nH]2)c2cc[nH]c2n1. The number of aromatic nitrogens is 5. The molecule has 1 aliphatic heterocycles. The molecule has 4 heterocycles. The molecular formula is C15H18N6. The highest BCUT2D eigenvalue weighted by atomic mass is 15.3. The molecular weight excluding hydrogens is 264 g/mol. The fraction of sp³-hybridized carbons (Fsp3) is 0.400. The number of H-pyrrole nitrogens is 2. The van der Waals surface area contributed by atoms with E-state index < -0.39 is 0 Å². The summed E-state index contributed by atoms with van der Waals surface area (Å²) in [6, 6.07) is 4.43. The Morgan fingerprint density at radius 2 is 2.19 bits per heavy atom. The van der Waals surface area contributed by atoms with Crippen LogP contribution in [0.25, 0.3) is 11.0 Å². The molecule has 1 atom stereocenters. The van der Waals surface area contributed by atoms with E-state index in [-0.39, 0.29) is 0 Å². The van der Waals surface area contributed by atoms with Crippen LogP contribution in [-0.2, 0) is 0 Å². The molecule has 0 radical (unpaired) electrons. The van der Waals surface area contributed by atoms with E-state index in [1.165, 1.54) is 12.8 Å². The number of nitrogens with one attached hydrogen (secondary N) is 2. The Morgan fingerprint density at radius 3 is 3.05 bits per heavy atom. The minimum absolute atomic E-state index is 0.314. The summed E-state index contributed by atoms with van der Waals surface area (Å²) >= 11 is 0. The predicted octanol–water partition coefficient (Wildman–Crippen LogP) is 2.72. The summed E-state index contributed by atoms with van der Waals surface area (Å²) in [4.78, 5) is 14.8. The van der Waals surface area contributed by atoms with Crippen molar-refractivity contribution < 1.29 is 0 Å². The predicted molar refractivity (Wildman–Crippen MR) is 81.2 cm³/mol. The molecule has 3 aromatic rings. The van der Waals surface area contributed by atoms with Crippen LogP contribution in [0.4, 0.5) is 5.82 Å². The number of aromatic amines is 2. The fourth-order valence-corrected chi connectivity index (χ4v) is 3.21. The number of aryl methyl sites for hydroxylation is 1. The van der Waals surface area contributed by atoms with Crippen LogP contribution in [0.2, 0.25) is 0 Å². The maximum atomic E-state index is 4.72. The van der Waals surface area contributed by atoms with Gasteiger partial charge in [0.1, 0.15) is 17.3 Å². The van der Waals surface area contributed by atoms with Crippen LogP contribution in [0.5, 0.6) is 0 Å². The smallest absolute Gasteiger partial charge is 0.143 e. The molecule has 0 aliphatic carbocycles. The number of hydrogen-bond acceptors (Lipinski definition) is 4. The minimum atomic E-state index is 0.314. The van der Waals surface area contributed by atoms with Crippen LogP contribution >= 0.6 is 0 Å². The Bertz CT molecular complexity index is 745. The second-order valence-corrected chi connectivity index (χ2v) is 5.55. The van der Waals surface area contributed by atoms with Gasteiger partial charge in [-0.25, -0.2) is 9.97 Å². The Balaban J connectivity index is 1.83. The average Bonchev–Trinajstić information content (AvgIpc) is 3.17. The van der Waals surface area contributed by atoms with Gasteiger partial charge in [-0.3, -0.25) is 5.10 Å². The molecule has 108 valence electrons. The molecule has 0 aromatic carbocycles. The zero-order valence-electron chi connectivity index (χ0n) is 12.0. The van der Waals surface area contributed by atoms with Crippen LogP contribution in [0.3, 0.4) is 0 Å². The molecule has 6 nitrogen and oxygen atoms in total. The maximum Gasteiger partial charge on any atom is 0.143 e. The van der Waals surface area contributed by atoms with Gasteiger partial charge >= 0.3 is 0 Å². The van der Waals surface area contributed by atoms with Gasteiger partial charge in [0, 0.05) is 18.9 Å². The van der Waals surface area contributed by atoms with Crippen molar-refractivity contribution in [1.82, 2.24) is 25.1 Å². The zero-order valence-corrected chi connectivity index (χ0v) is 12.0. The minimum Gasteiger partial charge on any atom is -0.347 e. The summed E-state index contributed by atoms with van der Waals surface area (Å²) in [6.07, 6.45) is 7.30. The standard InChI is InChI=1S/C15H18N6/c1-10-18-14-11(5-7-16-14)15(19-10)21-9-3-2-4-13(21)12-6-8-17-20-12/h5-8,13H,2-4,9H2,1H3,(H,17,20)(H,16,18,19). The molecule has 0 saturated carbocycles. The van der Waals surface area contributed by atoms with Gasteiger partial charge in [0.2, 0.25) is 0 Å². The lowest BCUT2D eigenvalue weighted by molar-refractivity contribution is 0.462. The Labute approximate surface area is 122 Å². The molecule has 0 spiro atoms. The number of rotatable bonds is 2. The molecule has 1 aliphatic rings. The van der Waals surface area contributed by atoms with Crippen LogP contribution in [0, 0.1) is 6.92 Å². The highest BCUT2D eigenvalue weighted by molar-refractivity contribution is 5.87. The Morgan fingerprint density at radius 1 is 1.24 bits per heavy atom. The van der Waals surface area contributed by atoms with Gasteiger partial charge in [-0.15, -0.1) is 0 Å². The van der Waals surface area contributed by atoms with E-state index in [2.05, 4.69) is 37.2 Å². The molecule has 1 saturated heterocycles. The van der Waals surface area contributed by atoms with Crippen molar-refractivity contribution >= 4 is 16.9 Å². The third kappa shape index (κ3) is 2.07. The summed E-state index contributed by atoms with van der Waals surface area (Å²) in [6.45, 7) is 2.96. The summed E-state index contributed by atoms with van der Waals surface area (Å²) in [5, 5.41) is 8.31. The number of nitrogens with zero attached hydrogens (tertiary/aromatic N) is 4. The van der Waals surface area contributed by atoms with E-state index >= 15 is 0 Å². The van der Waals surface area contributed by atoms with E-state index in [1.54, 1.807) is 0 Å². The highest BCUT2D eigenvalue weighted by Crippen LogP contribution is 2.36. The third-order valence-corrected chi connectivity index (χ3v) is 4.16. The monoisotopic (exact) mass is 282 g/mol. The maximum absolute atomic E-state index is 4.72. The summed E-state index contributed by atoms with van der Waals surface area (Å²) < 4.78 is 0. The first-order chi connectivity index (χ1) is 10.3. The number of piperidine rings is 1. The molecule has 21 heavy (non-hydrogen) atoms. The molecule has 0 amide bonds. The zero-order chi connectivity index (χ0) is 14.2. The number of hydrogen-bond donors (Lipinski definition) is 2. The molecule has 1 unspecified atom stereocenters. The molecule has 3 aromatic heterocycles. The quantitative estimate of drug-likeness (QED) is 0.758. The van der Waals surface area contributed by atoms with Gasteiger partial charge in [0.15, 0.2) is 0 Å². The highest BCUT2D eigenvalue weighted by Gasteiger charge is 2.27. The van der Waals surface area contributed by atoms with Gasteiger partial charge in [0.25, 0.3) is 0 Å². The van der Waals surface area contributed by atoms with E-state index in [0.29, 0.717) is 6.04 Å². The van der Waals surface area contributed by atoms with Crippen LogP contribution in [0.15, 0.2) is 24.5 Å². The molecule has 6 heteroatoms. The van der Waals surface area contributed by atoms with Gasteiger partial charge in [0.05, 0.1) is 17.1 Å². The molecule has 0 bridgehead atoms.